The van der Waals surface area contributed by atoms with E-state index < -0.39 is 41.0 Å². The number of hydrogen-bond acceptors (Lipinski definition) is 6. The Morgan fingerprint density at radius 1 is 1.05 bits per heavy atom. The predicted octanol–water partition coefficient (Wildman–Crippen LogP) is 4.24. The maximum absolute atomic E-state index is 14.2. The summed E-state index contributed by atoms with van der Waals surface area (Å²) < 4.78 is 12.3. The van der Waals surface area contributed by atoms with Gasteiger partial charge in [-0.15, -0.1) is 0 Å². The van der Waals surface area contributed by atoms with E-state index in [2.05, 4.69) is 10.6 Å². The molecular weight excluding hydrogens is 534 g/mol. The molecule has 2 aromatic rings. The number of halogens is 1. The summed E-state index contributed by atoms with van der Waals surface area (Å²) in [6.07, 6.45) is 1.96. The second-order valence-corrected chi connectivity index (χ2v) is 11.2. The third-order valence-corrected chi connectivity index (χ3v) is 9.02. The van der Waals surface area contributed by atoms with Crippen LogP contribution >= 0.6 is 11.6 Å². The summed E-state index contributed by atoms with van der Waals surface area (Å²) in [7, 11) is 0. The molecule has 10 heteroatoms. The lowest BCUT2D eigenvalue weighted by Gasteiger charge is -2.37. The lowest BCUT2D eigenvalue weighted by molar-refractivity contribution is -0.148. The number of benzene rings is 2. The highest BCUT2D eigenvalue weighted by molar-refractivity contribution is 6.30. The summed E-state index contributed by atoms with van der Waals surface area (Å²) >= 11 is 6.02. The number of aliphatic hydroxyl groups is 1. The Morgan fingerprint density at radius 3 is 2.25 bits per heavy atom. The van der Waals surface area contributed by atoms with Crippen molar-refractivity contribution < 1.29 is 29.0 Å². The molecule has 1 spiro atoms. The van der Waals surface area contributed by atoms with Gasteiger partial charge in [0.1, 0.15) is 17.4 Å². The van der Waals surface area contributed by atoms with E-state index in [-0.39, 0.29) is 18.4 Å². The first-order valence-corrected chi connectivity index (χ1v) is 14.3. The zero-order valence-electron chi connectivity index (χ0n) is 23.0. The molecule has 0 aliphatic carbocycles. The zero-order chi connectivity index (χ0) is 28.7. The highest BCUT2D eigenvalue weighted by atomic mass is 35.5. The van der Waals surface area contributed by atoms with E-state index in [1.807, 2.05) is 20.8 Å². The second-order valence-electron chi connectivity index (χ2n) is 10.8. The van der Waals surface area contributed by atoms with E-state index in [1.165, 1.54) is 4.90 Å². The maximum atomic E-state index is 14.2. The topological polar surface area (TPSA) is 117 Å². The van der Waals surface area contributed by atoms with Crippen molar-refractivity contribution >= 4 is 40.7 Å². The fourth-order valence-corrected chi connectivity index (χ4v) is 7.05. The van der Waals surface area contributed by atoms with Crippen LogP contribution in [0.5, 0.6) is 5.75 Å². The number of ether oxygens (including phenoxy) is 2. The van der Waals surface area contributed by atoms with Crippen molar-refractivity contribution in [2.45, 2.75) is 69.7 Å². The normalized spacial score (nSPS) is 29.3. The largest absolute Gasteiger partial charge is 0.494 e. The van der Waals surface area contributed by atoms with Crippen molar-refractivity contribution in [3.05, 3.63) is 53.6 Å². The van der Waals surface area contributed by atoms with Gasteiger partial charge in [-0.3, -0.25) is 14.4 Å². The van der Waals surface area contributed by atoms with E-state index in [9.17, 15) is 19.5 Å². The molecule has 5 rings (SSSR count). The van der Waals surface area contributed by atoms with Gasteiger partial charge in [-0.05, 0) is 81.1 Å². The smallest absolute Gasteiger partial charge is 0.250 e. The molecule has 3 heterocycles. The highest BCUT2D eigenvalue weighted by Gasteiger charge is 2.79. The summed E-state index contributed by atoms with van der Waals surface area (Å²) in [5, 5.41) is 16.6. The third kappa shape index (κ3) is 4.54. The average molecular weight is 570 g/mol. The van der Waals surface area contributed by atoms with Crippen LogP contribution < -0.4 is 15.4 Å². The first kappa shape index (κ1) is 28.4. The number of aliphatic hydroxyl groups excluding tert-OH is 1. The number of amides is 3. The van der Waals surface area contributed by atoms with Crippen molar-refractivity contribution in [1.82, 2.24) is 4.90 Å². The minimum Gasteiger partial charge on any atom is -0.494 e. The van der Waals surface area contributed by atoms with Crippen LogP contribution in [-0.2, 0) is 19.1 Å². The molecular formula is C30H36ClN3O6. The Kier molecular flexibility index (Phi) is 7.83. The maximum Gasteiger partial charge on any atom is 0.250 e. The summed E-state index contributed by atoms with van der Waals surface area (Å²) in [6.45, 7) is 5.93. The molecule has 9 nitrogen and oxygen atoms in total. The Morgan fingerprint density at radius 2 is 1.68 bits per heavy atom. The molecule has 3 saturated heterocycles. The summed E-state index contributed by atoms with van der Waals surface area (Å²) in [5.74, 6) is -2.02. The average Bonchev–Trinajstić information content (AvgIpc) is 3.56. The van der Waals surface area contributed by atoms with E-state index in [4.69, 9.17) is 21.1 Å². The van der Waals surface area contributed by atoms with Crippen LogP contribution in [0.15, 0.2) is 48.5 Å². The van der Waals surface area contributed by atoms with Crippen LogP contribution in [0, 0.1) is 11.8 Å². The van der Waals surface area contributed by atoms with Crippen LogP contribution in [0.4, 0.5) is 11.4 Å². The van der Waals surface area contributed by atoms with Crippen molar-refractivity contribution in [1.29, 1.82) is 0 Å². The van der Waals surface area contributed by atoms with E-state index in [0.29, 0.717) is 54.4 Å². The lowest BCUT2D eigenvalue weighted by Crippen LogP contribution is -2.56. The number of nitrogens with zero attached hydrogens (tertiary/aromatic N) is 1. The van der Waals surface area contributed by atoms with Crippen molar-refractivity contribution in [2.75, 3.05) is 23.8 Å². The summed E-state index contributed by atoms with van der Waals surface area (Å²) in [5.41, 5.74) is -0.951. The van der Waals surface area contributed by atoms with Gasteiger partial charge < -0.3 is 30.1 Å². The van der Waals surface area contributed by atoms with Gasteiger partial charge in [0, 0.05) is 16.4 Å². The van der Waals surface area contributed by atoms with Crippen molar-refractivity contribution in [2.24, 2.45) is 11.8 Å². The van der Waals surface area contributed by atoms with Gasteiger partial charge in [0.05, 0.1) is 36.7 Å². The Labute approximate surface area is 239 Å². The molecule has 3 fully saturated rings. The molecule has 3 aliphatic heterocycles. The number of carbonyl (C=O) groups is 3. The minimum absolute atomic E-state index is 0.308. The quantitative estimate of drug-likeness (QED) is 0.394. The van der Waals surface area contributed by atoms with E-state index in [0.717, 1.165) is 0 Å². The molecule has 3 aliphatic rings. The third-order valence-electron chi connectivity index (χ3n) is 8.77. The SMILES string of the molecule is CCOc1ccc(NC(=O)[C@@H]2[C@H]3C(=O)N([C@@H](CC)CO)C(C(=O)Nc4ccc(Cl)cc4)C34CC[C@@]2(CC)O4)cc1. The molecule has 0 radical (unpaired) electrons. The molecule has 0 saturated carbocycles. The lowest BCUT2D eigenvalue weighted by atomic mass is 9.65. The first-order valence-electron chi connectivity index (χ1n) is 14.0. The van der Waals surface area contributed by atoms with Crippen LogP contribution in [-0.4, -0.2) is 64.2 Å². The molecule has 6 atom stereocenters. The van der Waals surface area contributed by atoms with Crippen molar-refractivity contribution in [3.63, 3.8) is 0 Å². The van der Waals surface area contributed by atoms with Crippen molar-refractivity contribution in [3.8, 4) is 5.75 Å². The number of nitrogens with one attached hydrogen (secondary N) is 2. The summed E-state index contributed by atoms with van der Waals surface area (Å²) in [6, 6.07) is 12.2. The first-order chi connectivity index (χ1) is 19.2. The molecule has 2 bridgehead atoms. The molecule has 3 amide bonds. The molecule has 2 aromatic carbocycles. The second kappa shape index (κ2) is 11.0. The number of rotatable bonds is 10. The predicted molar refractivity (Wildman–Crippen MR) is 151 cm³/mol. The molecule has 3 N–H and O–H groups in total. The monoisotopic (exact) mass is 569 g/mol. The van der Waals surface area contributed by atoms with Crippen LogP contribution in [0.25, 0.3) is 0 Å². The van der Waals surface area contributed by atoms with Crippen LogP contribution in [0.3, 0.4) is 0 Å². The number of likely N-dealkylation sites (tertiary alicyclic amines) is 1. The van der Waals surface area contributed by atoms with Gasteiger partial charge in [0.25, 0.3) is 0 Å². The van der Waals surface area contributed by atoms with Gasteiger partial charge in [-0.25, -0.2) is 0 Å². The minimum atomic E-state index is -1.19. The Bertz CT molecular complexity index is 1270. The van der Waals surface area contributed by atoms with E-state index in [1.54, 1.807) is 48.5 Å². The number of carbonyl (C=O) groups excluding carboxylic acids is 3. The fraction of sp³-hybridized carbons (Fsp3) is 0.500. The van der Waals surface area contributed by atoms with Crippen LogP contribution in [0.1, 0.15) is 46.5 Å². The van der Waals surface area contributed by atoms with Crippen LogP contribution in [0.2, 0.25) is 5.02 Å². The zero-order valence-corrected chi connectivity index (χ0v) is 23.7. The summed E-state index contributed by atoms with van der Waals surface area (Å²) in [4.78, 5) is 43.6. The molecule has 214 valence electrons. The van der Waals surface area contributed by atoms with Gasteiger partial charge in [0.2, 0.25) is 17.7 Å². The Balaban J connectivity index is 1.50. The van der Waals surface area contributed by atoms with Gasteiger partial charge in [-0.2, -0.15) is 0 Å². The molecule has 0 aromatic heterocycles. The highest BCUT2D eigenvalue weighted by Crippen LogP contribution is 2.64. The molecule has 2 unspecified atom stereocenters. The fourth-order valence-electron chi connectivity index (χ4n) is 6.93. The van der Waals surface area contributed by atoms with Gasteiger partial charge in [0.15, 0.2) is 0 Å². The number of fused-ring (bicyclic) bond motifs is 1. The standard InChI is InChI=1S/C30H36ClN3O6/c1-4-21(17-35)34-25(27(37)33-19-9-7-18(31)8-10-19)30-16-15-29(5-2,40-30)23(24(30)28(34)38)26(36)32-20-11-13-22(14-12-20)39-6-3/h7-14,21,23-25,35H,4-6,15-17H2,1-3H3,(H,32,36)(H,33,37)/t21-,23-,24-,25?,29+,30?/m0/s1. The van der Waals surface area contributed by atoms with Gasteiger partial charge >= 0.3 is 0 Å². The van der Waals surface area contributed by atoms with Gasteiger partial charge in [-0.1, -0.05) is 25.4 Å². The number of hydrogen-bond donors (Lipinski definition) is 3. The Hall–Kier alpha value is -3.14. The molecule has 40 heavy (non-hydrogen) atoms. The van der Waals surface area contributed by atoms with E-state index >= 15 is 0 Å². The number of anilines is 2.